The van der Waals surface area contributed by atoms with Crippen LogP contribution in [-0.2, 0) is 13.1 Å². The van der Waals surface area contributed by atoms with Crippen LogP contribution in [-0.4, -0.2) is 16.2 Å². The predicted octanol–water partition coefficient (Wildman–Crippen LogP) is 3.89. The molecule has 0 atom stereocenters. The monoisotopic (exact) mass is 323 g/mol. The number of aromatic nitrogens is 2. The van der Waals surface area contributed by atoms with Crippen molar-refractivity contribution in [3.63, 3.8) is 0 Å². The van der Waals surface area contributed by atoms with Crippen molar-refractivity contribution < 1.29 is 4.74 Å². The zero-order valence-corrected chi connectivity index (χ0v) is 14.7. The van der Waals surface area contributed by atoms with Crippen molar-refractivity contribution in [3.05, 3.63) is 58.9 Å². The Bertz CT molecular complexity index is 834. The van der Waals surface area contributed by atoms with E-state index in [0.29, 0.717) is 13.2 Å². The third kappa shape index (κ3) is 3.44. The van der Waals surface area contributed by atoms with Crippen LogP contribution in [0.25, 0.3) is 11.0 Å². The van der Waals surface area contributed by atoms with Gasteiger partial charge in [0.25, 0.3) is 0 Å². The van der Waals surface area contributed by atoms with Crippen molar-refractivity contribution in [3.8, 4) is 5.75 Å². The molecule has 0 saturated carbocycles. The molecule has 0 fully saturated rings. The molecule has 0 aliphatic heterocycles. The number of rotatable bonds is 6. The Kier molecular flexibility index (Phi) is 4.86. The van der Waals surface area contributed by atoms with Gasteiger partial charge in [-0.1, -0.05) is 17.7 Å². The van der Waals surface area contributed by atoms with Crippen molar-refractivity contribution in [2.24, 2.45) is 5.73 Å². The van der Waals surface area contributed by atoms with E-state index in [2.05, 4.69) is 54.6 Å². The van der Waals surface area contributed by atoms with Crippen LogP contribution in [0.15, 0.2) is 36.4 Å². The SMILES string of the molecule is Cc1ccc(OCCCn2c(CN)nc3cc(C)c(C)cc32)cc1. The average Bonchev–Trinajstić information content (AvgIpc) is 2.90. The first-order valence-corrected chi connectivity index (χ1v) is 8.44. The van der Waals surface area contributed by atoms with Gasteiger partial charge in [-0.3, -0.25) is 0 Å². The summed E-state index contributed by atoms with van der Waals surface area (Å²) < 4.78 is 8.05. The Morgan fingerprint density at radius 1 is 1.04 bits per heavy atom. The van der Waals surface area contributed by atoms with Crippen LogP contribution in [0, 0.1) is 20.8 Å². The summed E-state index contributed by atoms with van der Waals surface area (Å²) in [6, 6.07) is 12.5. The highest BCUT2D eigenvalue weighted by molar-refractivity contribution is 5.78. The standard InChI is InChI=1S/C20H25N3O/c1-14-5-7-17(8-6-14)24-10-4-9-23-19-12-16(3)15(2)11-18(19)22-20(23)13-21/h5-8,11-12H,4,9-10,13,21H2,1-3H3. The number of hydrogen-bond donors (Lipinski definition) is 1. The third-order valence-corrected chi connectivity index (χ3v) is 4.44. The summed E-state index contributed by atoms with van der Waals surface area (Å²) in [5, 5.41) is 0. The summed E-state index contributed by atoms with van der Waals surface area (Å²) in [7, 11) is 0. The molecule has 2 N–H and O–H groups in total. The maximum Gasteiger partial charge on any atom is 0.123 e. The van der Waals surface area contributed by atoms with Crippen molar-refractivity contribution in [2.75, 3.05) is 6.61 Å². The molecule has 1 aromatic heterocycles. The Balaban J connectivity index is 1.70. The van der Waals surface area contributed by atoms with Crippen LogP contribution in [0.1, 0.15) is 28.9 Å². The number of ether oxygens (including phenoxy) is 1. The number of benzene rings is 2. The van der Waals surface area contributed by atoms with Gasteiger partial charge in [-0.2, -0.15) is 0 Å². The second-order valence-electron chi connectivity index (χ2n) is 6.32. The molecule has 0 aliphatic carbocycles. The lowest BCUT2D eigenvalue weighted by Gasteiger charge is -2.10. The summed E-state index contributed by atoms with van der Waals surface area (Å²) >= 11 is 0. The molecule has 0 bridgehead atoms. The van der Waals surface area contributed by atoms with E-state index in [0.717, 1.165) is 35.6 Å². The molecule has 1 heterocycles. The summed E-state index contributed by atoms with van der Waals surface area (Å²) in [6.07, 6.45) is 0.916. The van der Waals surface area contributed by atoms with Gasteiger partial charge in [-0.15, -0.1) is 0 Å². The van der Waals surface area contributed by atoms with E-state index >= 15 is 0 Å². The molecule has 4 nitrogen and oxygen atoms in total. The molecular formula is C20H25N3O. The second kappa shape index (κ2) is 7.05. The van der Waals surface area contributed by atoms with E-state index in [-0.39, 0.29) is 0 Å². The molecule has 126 valence electrons. The fraction of sp³-hybridized carbons (Fsp3) is 0.350. The topological polar surface area (TPSA) is 53.1 Å². The van der Waals surface area contributed by atoms with Crippen LogP contribution in [0.5, 0.6) is 5.75 Å². The van der Waals surface area contributed by atoms with Gasteiger partial charge in [-0.25, -0.2) is 4.98 Å². The first kappa shape index (κ1) is 16.5. The molecule has 0 unspecified atom stereocenters. The largest absolute Gasteiger partial charge is 0.494 e. The van der Waals surface area contributed by atoms with E-state index in [1.807, 2.05) is 12.1 Å². The van der Waals surface area contributed by atoms with E-state index in [9.17, 15) is 0 Å². The van der Waals surface area contributed by atoms with E-state index < -0.39 is 0 Å². The number of hydrogen-bond acceptors (Lipinski definition) is 3. The maximum atomic E-state index is 5.89. The van der Waals surface area contributed by atoms with E-state index in [1.165, 1.54) is 16.7 Å². The predicted molar refractivity (Wildman–Crippen MR) is 98.4 cm³/mol. The number of nitrogens with zero attached hydrogens (tertiary/aromatic N) is 2. The number of nitrogens with two attached hydrogens (primary N) is 1. The smallest absolute Gasteiger partial charge is 0.123 e. The zero-order chi connectivity index (χ0) is 17.1. The Hall–Kier alpha value is -2.33. The third-order valence-electron chi connectivity index (χ3n) is 4.44. The molecular weight excluding hydrogens is 298 g/mol. The molecule has 0 saturated heterocycles. The van der Waals surface area contributed by atoms with Gasteiger partial charge in [0.1, 0.15) is 11.6 Å². The first-order chi connectivity index (χ1) is 11.6. The molecule has 0 spiro atoms. The summed E-state index contributed by atoms with van der Waals surface area (Å²) in [5.41, 5.74) is 11.9. The van der Waals surface area contributed by atoms with Gasteiger partial charge >= 0.3 is 0 Å². The van der Waals surface area contributed by atoms with Crippen LogP contribution >= 0.6 is 0 Å². The van der Waals surface area contributed by atoms with Crippen molar-refractivity contribution >= 4 is 11.0 Å². The fourth-order valence-electron chi connectivity index (χ4n) is 2.88. The highest BCUT2D eigenvalue weighted by atomic mass is 16.5. The summed E-state index contributed by atoms with van der Waals surface area (Å²) in [6.45, 7) is 8.31. The van der Waals surface area contributed by atoms with Gasteiger partial charge in [-0.05, 0) is 62.6 Å². The fourth-order valence-corrected chi connectivity index (χ4v) is 2.88. The normalized spacial score (nSPS) is 11.2. The van der Waals surface area contributed by atoms with Crippen LogP contribution in [0.3, 0.4) is 0 Å². The number of fused-ring (bicyclic) bond motifs is 1. The van der Waals surface area contributed by atoms with Gasteiger partial charge in [0.2, 0.25) is 0 Å². The van der Waals surface area contributed by atoms with Crippen molar-refractivity contribution in [2.45, 2.75) is 40.3 Å². The number of aryl methyl sites for hydroxylation is 4. The average molecular weight is 323 g/mol. The van der Waals surface area contributed by atoms with Crippen LogP contribution in [0.2, 0.25) is 0 Å². The maximum absolute atomic E-state index is 5.89. The van der Waals surface area contributed by atoms with Crippen molar-refractivity contribution in [1.29, 1.82) is 0 Å². The minimum atomic E-state index is 0.450. The quantitative estimate of drug-likeness (QED) is 0.700. The molecule has 0 aliphatic rings. The molecule has 2 aromatic carbocycles. The highest BCUT2D eigenvalue weighted by Gasteiger charge is 2.10. The minimum absolute atomic E-state index is 0.450. The van der Waals surface area contributed by atoms with Gasteiger partial charge in [0.15, 0.2) is 0 Å². The van der Waals surface area contributed by atoms with Gasteiger partial charge < -0.3 is 15.0 Å². The lowest BCUT2D eigenvalue weighted by atomic mass is 10.1. The highest BCUT2D eigenvalue weighted by Crippen LogP contribution is 2.21. The number of imidazole rings is 1. The van der Waals surface area contributed by atoms with Crippen LogP contribution < -0.4 is 10.5 Å². The zero-order valence-electron chi connectivity index (χ0n) is 14.7. The van der Waals surface area contributed by atoms with Crippen LogP contribution in [0.4, 0.5) is 0 Å². The Morgan fingerprint density at radius 2 is 1.75 bits per heavy atom. The van der Waals surface area contributed by atoms with E-state index in [4.69, 9.17) is 10.5 Å². The summed E-state index contributed by atoms with van der Waals surface area (Å²) in [4.78, 5) is 4.68. The summed E-state index contributed by atoms with van der Waals surface area (Å²) in [5.74, 6) is 1.85. The van der Waals surface area contributed by atoms with Gasteiger partial charge in [0.05, 0.1) is 24.2 Å². The van der Waals surface area contributed by atoms with Crippen molar-refractivity contribution in [1.82, 2.24) is 9.55 Å². The Labute approximate surface area is 143 Å². The molecule has 3 aromatic rings. The van der Waals surface area contributed by atoms with E-state index in [1.54, 1.807) is 0 Å². The lowest BCUT2D eigenvalue weighted by molar-refractivity contribution is 0.301. The Morgan fingerprint density at radius 3 is 2.46 bits per heavy atom. The molecule has 3 rings (SSSR count). The lowest BCUT2D eigenvalue weighted by Crippen LogP contribution is -2.11. The minimum Gasteiger partial charge on any atom is -0.494 e. The second-order valence-corrected chi connectivity index (χ2v) is 6.32. The molecule has 0 radical (unpaired) electrons. The van der Waals surface area contributed by atoms with Gasteiger partial charge in [0, 0.05) is 6.54 Å². The first-order valence-electron chi connectivity index (χ1n) is 8.44. The molecule has 0 amide bonds. The molecule has 4 heteroatoms. The molecule has 24 heavy (non-hydrogen) atoms.